The van der Waals surface area contributed by atoms with Gasteiger partial charge in [-0.2, -0.15) is 5.26 Å². The predicted octanol–water partition coefficient (Wildman–Crippen LogP) is 10.6. The van der Waals surface area contributed by atoms with E-state index in [0.29, 0.717) is 11.5 Å². The summed E-state index contributed by atoms with van der Waals surface area (Å²) >= 11 is 0. The summed E-state index contributed by atoms with van der Waals surface area (Å²) in [6.45, 7) is 0. The van der Waals surface area contributed by atoms with Gasteiger partial charge in [0.25, 0.3) is 0 Å². The van der Waals surface area contributed by atoms with Crippen molar-refractivity contribution in [3.63, 3.8) is 0 Å². The van der Waals surface area contributed by atoms with Crippen molar-refractivity contribution in [2.45, 2.75) is 0 Å². The third kappa shape index (κ3) is 3.18. The molecular weight excluding hydrogens is 587 g/mol. The fourth-order valence-electron chi connectivity index (χ4n) is 8.08. The molecule has 0 fully saturated rings. The molecule has 4 heterocycles. The van der Waals surface area contributed by atoms with Crippen LogP contribution in [0.1, 0.15) is 5.56 Å². The number of nitrogens with zero attached hydrogens (tertiary/aromatic N) is 5. The normalized spacial score (nSPS) is 12.1. The van der Waals surface area contributed by atoms with Gasteiger partial charge in [-0.25, -0.2) is 9.97 Å². The van der Waals surface area contributed by atoms with Crippen molar-refractivity contribution in [1.29, 1.82) is 5.26 Å². The van der Waals surface area contributed by atoms with Crippen molar-refractivity contribution in [3.05, 3.63) is 145 Å². The van der Waals surface area contributed by atoms with Gasteiger partial charge in [0, 0.05) is 48.7 Å². The van der Waals surface area contributed by atoms with E-state index < -0.39 is 0 Å². The molecule has 4 aromatic heterocycles. The van der Waals surface area contributed by atoms with Crippen LogP contribution in [0.2, 0.25) is 0 Å². The molecule has 220 valence electrons. The van der Waals surface area contributed by atoms with Crippen LogP contribution in [0, 0.1) is 11.3 Å². The van der Waals surface area contributed by atoms with Crippen molar-refractivity contribution in [3.8, 4) is 23.3 Å². The van der Waals surface area contributed by atoms with Crippen LogP contribution in [-0.4, -0.2) is 18.9 Å². The van der Waals surface area contributed by atoms with Crippen molar-refractivity contribution in [2.24, 2.45) is 0 Å². The molecule has 0 unspecified atom stereocenters. The van der Waals surface area contributed by atoms with Crippen LogP contribution in [0.15, 0.2) is 140 Å². The Morgan fingerprint density at radius 2 is 1.21 bits per heavy atom. The number of hydrogen-bond acceptors (Lipinski definition) is 3. The highest BCUT2D eigenvalue weighted by atomic mass is 15.2. The Morgan fingerprint density at radius 1 is 0.500 bits per heavy atom. The number of aromatic nitrogens is 4. The van der Waals surface area contributed by atoms with Gasteiger partial charge in [0.05, 0.1) is 50.4 Å². The largest absolute Gasteiger partial charge is 0.307 e. The minimum absolute atomic E-state index is 0.598. The van der Waals surface area contributed by atoms with Gasteiger partial charge in [0.15, 0.2) is 0 Å². The van der Waals surface area contributed by atoms with Crippen LogP contribution in [0.25, 0.3) is 98.8 Å². The molecule has 0 aliphatic heterocycles. The monoisotopic (exact) mass is 609 g/mol. The Bertz CT molecular complexity index is 3190. The van der Waals surface area contributed by atoms with Crippen molar-refractivity contribution < 1.29 is 0 Å². The molecule has 5 heteroatoms. The van der Waals surface area contributed by atoms with E-state index in [1.54, 1.807) is 0 Å². The molecule has 0 bridgehead atoms. The van der Waals surface area contributed by atoms with E-state index >= 15 is 0 Å². The maximum atomic E-state index is 9.72. The Morgan fingerprint density at radius 3 is 2.06 bits per heavy atom. The van der Waals surface area contributed by atoms with Gasteiger partial charge in [0.1, 0.15) is 0 Å². The third-order valence-electron chi connectivity index (χ3n) is 10.0. The van der Waals surface area contributed by atoms with Gasteiger partial charge in [-0.1, -0.05) is 103 Å². The summed E-state index contributed by atoms with van der Waals surface area (Å²) in [4.78, 5) is 10.6. The molecule has 0 amide bonds. The average molecular weight is 610 g/mol. The molecule has 0 aliphatic carbocycles. The van der Waals surface area contributed by atoms with E-state index in [4.69, 9.17) is 9.97 Å². The van der Waals surface area contributed by atoms with Crippen LogP contribution >= 0.6 is 0 Å². The molecule has 0 saturated heterocycles. The SMILES string of the molecule is N#Cc1cccc(-c2nc(-n3c4ccccc4c4cc5c6ccccc6n6c7c8ccccc8ccc7c(c43)c56)nc3ccccc23)c1. The first-order chi connectivity index (χ1) is 23.8. The first-order valence-electron chi connectivity index (χ1n) is 16.1. The van der Waals surface area contributed by atoms with Crippen LogP contribution in [0.5, 0.6) is 0 Å². The van der Waals surface area contributed by atoms with Gasteiger partial charge >= 0.3 is 0 Å². The fraction of sp³-hybridized carbons (Fsp3) is 0. The molecule has 0 radical (unpaired) electrons. The number of rotatable bonds is 2. The number of benzene rings is 7. The highest BCUT2D eigenvalue weighted by Gasteiger charge is 2.26. The van der Waals surface area contributed by atoms with Gasteiger partial charge in [0.2, 0.25) is 5.95 Å². The van der Waals surface area contributed by atoms with Crippen LogP contribution in [0.4, 0.5) is 0 Å². The second-order valence-electron chi connectivity index (χ2n) is 12.5. The minimum Gasteiger partial charge on any atom is -0.307 e. The Hall–Kier alpha value is -6.77. The van der Waals surface area contributed by atoms with Gasteiger partial charge < -0.3 is 4.40 Å². The number of hydrogen-bond donors (Lipinski definition) is 0. The molecule has 0 atom stereocenters. The van der Waals surface area contributed by atoms with Gasteiger partial charge in [-0.3, -0.25) is 4.57 Å². The Balaban J connectivity index is 1.39. The molecule has 48 heavy (non-hydrogen) atoms. The fourth-order valence-corrected chi connectivity index (χ4v) is 8.08. The zero-order valence-electron chi connectivity index (χ0n) is 25.5. The predicted molar refractivity (Wildman–Crippen MR) is 196 cm³/mol. The van der Waals surface area contributed by atoms with E-state index in [1.165, 1.54) is 54.3 Å². The van der Waals surface area contributed by atoms with Crippen molar-refractivity contribution >= 4 is 81.6 Å². The van der Waals surface area contributed by atoms with Crippen LogP contribution in [0.3, 0.4) is 0 Å². The summed E-state index contributed by atoms with van der Waals surface area (Å²) in [6.07, 6.45) is 0. The number of fused-ring (bicyclic) bond motifs is 13. The Labute approximate surface area is 273 Å². The maximum Gasteiger partial charge on any atom is 0.235 e. The smallest absolute Gasteiger partial charge is 0.235 e. The quantitative estimate of drug-likeness (QED) is 0.196. The second-order valence-corrected chi connectivity index (χ2v) is 12.5. The van der Waals surface area contributed by atoms with Crippen LogP contribution in [-0.2, 0) is 0 Å². The molecule has 0 aliphatic rings. The molecule has 11 aromatic rings. The van der Waals surface area contributed by atoms with Crippen LogP contribution < -0.4 is 0 Å². The molecule has 11 rings (SSSR count). The summed E-state index contributed by atoms with van der Waals surface area (Å²) in [5, 5.41) is 20.3. The Kier molecular flexibility index (Phi) is 4.85. The first-order valence-corrected chi connectivity index (χ1v) is 16.1. The topological polar surface area (TPSA) is 58.9 Å². The lowest BCUT2D eigenvalue weighted by atomic mass is 10.0. The summed E-state index contributed by atoms with van der Waals surface area (Å²) in [5.41, 5.74) is 8.91. The lowest BCUT2D eigenvalue weighted by Crippen LogP contribution is -2.03. The van der Waals surface area contributed by atoms with E-state index in [9.17, 15) is 5.26 Å². The lowest BCUT2D eigenvalue weighted by molar-refractivity contribution is 1.02. The second kappa shape index (κ2) is 9.16. The summed E-state index contributed by atoms with van der Waals surface area (Å²) in [7, 11) is 0. The molecule has 0 N–H and O–H groups in total. The standard InChI is InChI=1S/C43H23N5/c44-24-25-10-9-12-27(22-25)39-31-16-3-6-17-35(31)45-43(46-39)48-37-19-8-5-15-30(37)34-23-33-29-14-4-7-18-36(29)47-40-28-13-2-1-11-26(28)20-21-32(40)38(41(33)47)42(34)48/h1-23H. The zero-order valence-corrected chi connectivity index (χ0v) is 25.5. The highest BCUT2D eigenvalue weighted by Crippen LogP contribution is 2.47. The third-order valence-corrected chi connectivity index (χ3v) is 10.0. The minimum atomic E-state index is 0.598. The number of nitriles is 1. The molecule has 7 aromatic carbocycles. The van der Waals surface area contributed by atoms with E-state index in [0.717, 1.165) is 38.6 Å². The van der Waals surface area contributed by atoms with E-state index in [2.05, 4.69) is 112 Å². The van der Waals surface area contributed by atoms with Crippen molar-refractivity contribution in [2.75, 3.05) is 0 Å². The molecule has 5 nitrogen and oxygen atoms in total. The highest BCUT2D eigenvalue weighted by molar-refractivity contribution is 6.36. The number of para-hydroxylation sites is 3. The lowest BCUT2D eigenvalue weighted by Gasteiger charge is -2.12. The summed E-state index contributed by atoms with van der Waals surface area (Å²) in [5.74, 6) is 0.602. The first kappa shape index (κ1) is 25.4. The zero-order chi connectivity index (χ0) is 31.5. The molecule has 0 saturated carbocycles. The van der Waals surface area contributed by atoms with E-state index in [1.807, 2.05) is 42.5 Å². The van der Waals surface area contributed by atoms with Gasteiger partial charge in [-0.15, -0.1) is 0 Å². The molecular formula is C43H23N5. The summed E-state index contributed by atoms with van der Waals surface area (Å²) < 4.78 is 4.73. The van der Waals surface area contributed by atoms with E-state index in [-0.39, 0.29) is 0 Å². The molecule has 0 spiro atoms. The summed E-state index contributed by atoms with van der Waals surface area (Å²) in [6, 6.07) is 51.0. The maximum absolute atomic E-state index is 9.72. The average Bonchev–Trinajstić information content (AvgIpc) is 3.79. The van der Waals surface area contributed by atoms with Crippen molar-refractivity contribution in [1.82, 2.24) is 18.9 Å². The van der Waals surface area contributed by atoms with Gasteiger partial charge in [-0.05, 0) is 41.8 Å².